The molecule has 2 aliphatic heterocycles. The summed E-state index contributed by atoms with van der Waals surface area (Å²) >= 11 is 0. The first-order valence-electron chi connectivity index (χ1n) is 10.7. The van der Waals surface area contributed by atoms with Gasteiger partial charge in [-0.25, -0.2) is 0 Å². The van der Waals surface area contributed by atoms with Crippen LogP contribution < -0.4 is 5.32 Å². The number of amides is 2. The second-order valence-electron chi connectivity index (χ2n) is 7.77. The molecule has 1 aromatic rings. The zero-order valence-corrected chi connectivity index (χ0v) is 16.9. The van der Waals surface area contributed by atoms with E-state index in [0.717, 1.165) is 38.3 Å². The summed E-state index contributed by atoms with van der Waals surface area (Å²) in [6.45, 7) is 6.57. The van der Waals surface area contributed by atoms with Gasteiger partial charge in [0.2, 0.25) is 5.91 Å². The number of nitrogens with one attached hydrogen (secondary N) is 1. The standard InChI is InChI=1S/C22H33N3O3/c1-2-3-4-5-9-12-24-13-15-25(16-14-24)22(27)21-20(23-19(26)17-28-21)18-10-7-6-8-11-18/h6-8,10-11,20-21H,2-5,9,12-17H2,1H3,(H,23,26)/t20-,21+/m1/s1. The number of carbonyl (C=O) groups is 2. The Bertz CT molecular complexity index is 629. The van der Waals surface area contributed by atoms with Crippen molar-refractivity contribution in [1.29, 1.82) is 0 Å². The number of hydrogen-bond donors (Lipinski definition) is 1. The van der Waals surface area contributed by atoms with Gasteiger partial charge in [0.25, 0.3) is 5.91 Å². The van der Waals surface area contributed by atoms with Crippen LogP contribution >= 0.6 is 0 Å². The minimum atomic E-state index is -0.652. The van der Waals surface area contributed by atoms with Gasteiger partial charge in [-0.3, -0.25) is 14.5 Å². The molecular weight excluding hydrogens is 354 g/mol. The molecular formula is C22H33N3O3. The number of carbonyl (C=O) groups excluding carboxylic acids is 2. The Hall–Kier alpha value is -1.92. The topological polar surface area (TPSA) is 61.9 Å². The Morgan fingerprint density at radius 3 is 2.50 bits per heavy atom. The number of hydrogen-bond acceptors (Lipinski definition) is 4. The summed E-state index contributed by atoms with van der Waals surface area (Å²) in [5, 5.41) is 2.93. The Labute approximate surface area is 168 Å². The summed E-state index contributed by atoms with van der Waals surface area (Å²) in [5.74, 6) is -0.192. The van der Waals surface area contributed by atoms with Crippen LogP contribution in [-0.4, -0.2) is 67.0 Å². The highest BCUT2D eigenvalue weighted by Crippen LogP contribution is 2.24. The van der Waals surface area contributed by atoms with Gasteiger partial charge in [-0.2, -0.15) is 0 Å². The van der Waals surface area contributed by atoms with E-state index in [2.05, 4.69) is 17.1 Å². The second-order valence-corrected chi connectivity index (χ2v) is 7.77. The van der Waals surface area contributed by atoms with Crippen LogP contribution in [0.2, 0.25) is 0 Å². The number of ether oxygens (including phenoxy) is 1. The van der Waals surface area contributed by atoms with Crippen molar-refractivity contribution < 1.29 is 14.3 Å². The first-order valence-corrected chi connectivity index (χ1v) is 10.7. The number of morpholine rings is 1. The number of piperazine rings is 1. The fourth-order valence-electron chi connectivity index (χ4n) is 4.00. The largest absolute Gasteiger partial charge is 0.356 e. The van der Waals surface area contributed by atoms with Gasteiger partial charge in [-0.1, -0.05) is 62.9 Å². The molecule has 1 N–H and O–H groups in total. The molecule has 3 rings (SSSR count). The zero-order valence-electron chi connectivity index (χ0n) is 16.9. The van der Waals surface area contributed by atoms with Crippen molar-refractivity contribution in [2.24, 2.45) is 0 Å². The summed E-state index contributed by atoms with van der Waals surface area (Å²) in [4.78, 5) is 29.3. The van der Waals surface area contributed by atoms with Crippen molar-refractivity contribution in [3.05, 3.63) is 35.9 Å². The highest BCUT2D eigenvalue weighted by atomic mass is 16.5. The fraction of sp³-hybridized carbons (Fsp3) is 0.636. The molecule has 154 valence electrons. The minimum absolute atomic E-state index is 0.0172. The third-order valence-corrected chi connectivity index (χ3v) is 5.68. The van der Waals surface area contributed by atoms with Crippen LogP contribution in [0.3, 0.4) is 0 Å². The van der Waals surface area contributed by atoms with Crippen LogP contribution in [0.5, 0.6) is 0 Å². The summed E-state index contributed by atoms with van der Waals surface area (Å²) in [7, 11) is 0. The van der Waals surface area contributed by atoms with Crippen molar-refractivity contribution in [3.8, 4) is 0 Å². The fourth-order valence-corrected chi connectivity index (χ4v) is 4.00. The van der Waals surface area contributed by atoms with Crippen molar-refractivity contribution in [1.82, 2.24) is 15.1 Å². The highest BCUT2D eigenvalue weighted by Gasteiger charge is 2.38. The van der Waals surface area contributed by atoms with Crippen LogP contribution in [0, 0.1) is 0 Å². The zero-order chi connectivity index (χ0) is 19.8. The van der Waals surface area contributed by atoms with Gasteiger partial charge in [0, 0.05) is 26.2 Å². The lowest BCUT2D eigenvalue weighted by Gasteiger charge is -2.39. The normalized spacial score (nSPS) is 23.5. The van der Waals surface area contributed by atoms with E-state index in [4.69, 9.17) is 4.74 Å². The number of benzene rings is 1. The SMILES string of the molecule is CCCCCCCN1CCN(C(=O)[C@H]2OCC(=O)N[C@@H]2c2ccccc2)CC1. The molecule has 2 aliphatic rings. The smallest absolute Gasteiger partial charge is 0.254 e. The molecule has 0 aromatic heterocycles. The van der Waals surface area contributed by atoms with Gasteiger partial charge in [0.1, 0.15) is 6.61 Å². The van der Waals surface area contributed by atoms with Gasteiger partial charge in [-0.05, 0) is 18.5 Å². The van der Waals surface area contributed by atoms with E-state index in [1.165, 1.54) is 32.1 Å². The van der Waals surface area contributed by atoms with Gasteiger partial charge in [-0.15, -0.1) is 0 Å². The summed E-state index contributed by atoms with van der Waals surface area (Å²) < 4.78 is 5.68. The molecule has 0 bridgehead atoms. The average Bonchev–Trinajstić information content (AvgIpc) is 2.74. The molecule has 28 heavy (non-hydrogen) atoms. The van der Waals surface area contributed by atoms with Crippen LogP contribution in [0.1, 0.15) is 50.6 Å². The van der Waals surface area contributed by atoms with Crippen LogP contribution in [0.4, 0.5) is 0 Å². The van der Waals surface area contributed by atoms with Crippen LogP contribution in [0.15, 0.2) is 30.3 Å². The highest BCUT2D eigenvalue weighted by molar-refractivity contribution is 5.86. The Balaban J connectivity index is 1.51. The lowest BCUT2D eigenvalue weighted by Crippen LogP contribution is -2.57. The van der Waals surface area contributed by atoms with Gasteiger partial charge in [0.15, 0.2) is 6.10 Å². The molecule has 0 spiro atoms. The third kappa shape index (κ3) is 5.55. The summed E-state index contributed by atoms with van der Waals surface area (Å²) in [6, 6.07) is 9.18. The Kier molecular flexibility index (Phi) is 7.86. The predicted molar refractivity (Wildman–Crippen MR) is 109 cm³/mol. The molecule has 0 aliphatic carbocycles. The maximum absolute atomic E-state index is 13.1. The van der Waals surface area contributed by atoms with E-state index < -0.39 is 12.1 Å². The van der Waals surface area contributed by atoms with Crippen molar-refractivity contribution >= 4 is 11.8 Å². The van der Waals surface area contributed by atoms with E-state index in [-0.39, 0.29) is 18.4 Å². The molecule has 0 unspecified atom stereocenters. The molecule has 2 heterocycles. The maximum atomic E-state index is 13.1. The number of nitrogens with zero attached hydrogens (tertiary/aromatic N) is 2. The molecule has 0 radical (unpaired) electrons. The maximum Gasteiger partial charge on any atom is 0.254 e. The van der Waals surface area contributed by atoms with Crippen molar-refractivity contribution in [2.75, 3.05) is 39.3 Å². The molecule has 2 atom stereocenters. The molecule has 1 aromatic carbocycles. The predicted octanol–water partition coefficient (Wildman–Crippen LogP) is 2.36. The molecule has 2 saturated heterocycles. The Morgan fingerprint density at radius 1 is 1.07 bits per heavy atom. The number of unbranched alkanes of at least 4 members (excludes halogenated alkanes) is 4. The molecule has 0 saturated carbocycles. The van der Waals surface area contributed by atoms with Crippen molar-refractivity contribution in [2.45, 2.75) is 51.2 Å². The molecule has 6 heteroatoms. The first-order chi connectivity index (χ1) is 13.7. The average molecular weight is 388 g/mol. The monoisotopic (exact) mass is 387 g/mol. The van der Waals surface area contributed by atoms with E-state index in [1.807, 2.05) is 35.2 Å². The van der Waals surface area contributed by atoms with Gasteiger partial charge in [0.05, 0.1) is 6.04 Å². The van der Waals surface area contributed by atoms with Crippen LogP contribution in [-0.2, 0) is 14.3 Å². The van der Waals surface area contributed by atoms with E-state index in [0.29, 0.717) is 0 Å². The second kappa shape index (κ2) is 10.6. The van der Waals surface area contributed by atoms with E-state index in [1.54, 1.807) is 0 Å². The number of rotatable bonds is 8. The van der Waals surface area contributed by atoms with Gasteiger partial charge < -0.3 is 15.0 Å². The first kappa shape index (κ1) is 20.8. The Morgan fingerprint density at radius 2 is 1.79 bits per heavy atom. The minimum Gasteiger partial charge on any atom is -0.356 e. The lowest BCUT2D eigenvalue weighted by molar-refractivity contribution is -0.156. The quantitative estimate of drug-likeness (QED) is 0.696. The van der Waals surface area contributed by atoms with Gasteiger partial charge >= 0.3 is 0 Å². The van der Waals surface area contributed by atoms with Crippen molar-refractivity contribution in [3.63, 3.8) is 0 Å². The summed E-state index contributed by atoms with van der Waals surface area (Å²) in [5.41, 5.74) is 0.902. The third-order valence-electron chi connectivity index (χ3n) is 5.68. The van der Waals surface area contributed by atoms with E-state index in [9.17, 15) is 9.59 Å². The lowest BCUT2D eigenvalue weighted by atomic mass is 9.98. The molecule has 2 amide bonds. The molecule has 6 nitrogen and oxygen atoms in total. The van der Waals surface area contributed by atoms with E-state index >= 15 is 0 Å². The van der Waals surface area contributed by atoms with Crippen LogP contribution in [0.25, 0.3) is 0 Å². The molecule has 2 fully saturated rings. The summed E-state index contributed by atoms with van der Waals surface area (Å²) in [6.07, 6.45) is 5.79.